The maximum Gasteiger partial charge on any atom is 0.199 e. The normalized spacial score (nSPS) is 14.1. The molecule has 0 bridgehead atoms. The third-order valence-corrected chi connectivity index (χ3v) is 4.57. The SMILES string of the molecule is C=CCC(CC)CCC(OCC)Oc1ccc(CPC)cc1. The fraction of sp³-hybridized carbons (Fsp3) is 0.579. The van der Waals surface area contributed by atoms with E-state index in [1.807, 2.05) is 13.0 Å². The van der Waals surface area contributed by atoms with Gasteiger partial charge < -0.3 is 9.47 Å². The van der Waals surface area contributed by atoms with Crippen LogP contribution in [0.15, 0.2) is 36.9 Å². The Morgan fingerprint density at radius 3 is 2.45 bits per heavy atom. The van der Waals surface area contributed by atoms with Crippen molar-refractivity contribution in [1.82, 2.24) is 0 Å². The molecule has 1 aromatic carbocycles. The van der Waals surface area contributed by atoms with E-state index < -0.39 is 0 Å². The number of hydrogen-bond acceptors (Lipinski definition) is 2. The van der Waals surface area contributed by atoms with Crippen molar-refractivity contribution in [2.45, 2.75) is 52.0 Å². The van der Waals surface area contributed by atoms with Gasteiger partial charge in [-0.1, -0.05) is 31.6 Å². The maximum absolute atomic E-state index is 6.02. The van der Waals surface area contributed by atoms with E-state index in [4.69, 9.17) is 9.47 Å². The van der Waals surface area contributed by atoms with Gasteiger partial charge in [-0.05, 0) is 56.2 Å². The van der Waals surface area contributed by atoms with Crippen LogP contribution in [0.1, 0.15) is 45.1 Å². The lowest BCUT2D eigenvalue weighted by Gasteiger charge is -2.21. The van der Waals surface area contributed by atoms with Crippen LogP contribution < -0.4 is 4.74 Å². The summed E-state index contributed by atoms with van der Waals surface area (Å²) in [6.45, 7) is 11.0. The predicted octanol–water partition coefficient (Wildman–Crippen LogP) is 5.62. The van der Waals surface area contributed by atoms with Gasteiger partial charge in [-0.15, -0.1) is 15.2 Å². The molecule has 3 unspecified atom stereocenters. The van der Waals surface area contributed by atoms with Gasteiger partial charge in [-0.2, -0.15) is 0 Å². The molecule has 22 heavy (non-hydrogen) atoms. The number of allylic oxidation sites excluding steroid dienone is 1. The van der Waals surface area contributed by atoms with Crippen molar-refractivity contribution < 1.29 is 9.47 Å². The summed E-state index contributed by atoms with van der Waals surface area (Å²) in [7, 11) is 0.951. The van der Waals surface area contributed by atoms with Gasteiger partial charge in [0.25, 0.3) is 0 Å². The molecule has 2 nitrogen and oxygen atoms in total. The second-order valence-corrected chi connectivity index (χ2v) is 6.61. The Labute approximate surface area is 138 Å². The molecule has 3 heteroatoms. The van der Waals surface area contributed by atoms with Crippen molar-refractivity contribution >= 4 is 8.58 Å². The van der Waals surface area contributed by atoms with Gasteiger partial charge in [0.1, 0.15) is 5.75 Å². The lowest BCUT2D eigenvalue weighted by Crippen LogP contribution is -2.21. The molecule has 1 aromatic rings. The zero-order valence-electron chi connectivity index (χ0n) is 14.3. The monoisotopic (exact) mass is 322 g/mol. The van der Waals surface area contributed by atoms with Crippen molar-refractivity contribution in [3.8, 4) is 5.75 Å². The first-order valence-electron chi connectivity index (χ1n) is 8.36. The van der Waals surface area contributed by atoms with E-state index >= 15 is 0 Å². The average molecular weight is 322 g/mol. The predicted molar refractivity (Wildman–Crippen MR) is 98.3 cm³/mol. The van der Waals surface area contributed by atoms with Crippen LogP contribution in [0.5, 0.6) is 5.75 Å². The molecule has 0 amide bonds. The molecule has 0 saturated carbocycles. The van der Waals surface area contributed by atoms with Crippen LogP contribution in [-0.4, -0.2) is 19.6 Å². The van der Waals surface area contributed by atoms with Gasteiger partial charge in [0.05, 0.1) is 0 Å². The van der Waals surface area contributed by atoms with Crippen molar-refractivity contribution in [3.05, 3.63) is 42.5 Å². The van der Waals surface area contributed by atoms with E-state index in [1.165, 1.54) is 12.0 Å². The first kappa shape index (κ1) is 19.2. The highest BCUT2D eigenvalue weighted by Gasteiger charge is 2.13. The van der Waals surface area contributed by atoms with Crippen LogP contribution in [0.3, 0.4) is 0 Å². The smallest absolute Gasteiger partial charge is 0.199 e. The van der Waals surface area contributed by atoms with Gasteiger partial charge in [0, 0.05) is 13.0 Å². The quantitative estimate of drug-likeness (QED) is 0.282. The summed E-state index contributed by atoms with van der Waals surface area (Å²) in [6, 6.07) is 8.42. The average Bonchev–Trinajstić information content (AvgIpc) is 2.53. The summed E-state index contributed by atoms with van der Waals surface area (Å²) < 4.78 is 11.8. The Morgan fingerprint density at radius 1 is 1.18 bits per heavy atom. The van der Waals surface area contributed by atoms with Crippen LogP contribution in [-0.2, 0) is 10.9 Å². The minimum Gasteiger partial charge on any atom is -0.465 e. The molecule has 0 heterocycles. The van der Waals surface area contributed by atoms with Crippen molar-refractivity contribution in [1.29, 1.82) is 0 Å². The van der Waals surface area contributed by atoms with E-state index in [9.17, 15) is 0 Å². The molecule has 1 rings (SSSR count). The second-order valence-electron chi connectivity index (χ2n) is 5.55. The highest BCUT2D eigenvalue weighted by molar-refractivity contribution is 7.36. The molecular weight excluding hydrogens is 291 g/mol. The standard InChI is InChI=1S/C19H31O2P/c1-5-8-16(6-2)11-14-19(20-7-3)21-18-12-9-17(10-13-18)15-22-4/h5,9-10,12-13,16,19,22H,1,6-8,11,14-15H2,2-4H3. The molecule has 0 radical (unpaired) electrons. The lowest BCUT2D eigenvalue weighted by molar-refractivity contribution is -0.0825. The topological polar surface area (TPSA) is 18.5 Å². The molecule has 0 aliphatic heterocycles. The molecule has 0 spiro atoms. The zero-order valence-corrected chi connectivity index (χ0v) is 15.3. The molecule has 0 aromatic heterocycles. The molecule has 3 atom stereocenters. The van der Waals surface area contributed by atoms with Gasteiger partial charge in [0.2, 0.25) is 0 Å². The van der Waals surface area contributed by atoms with Crippen molar-refractivity contribution in [2.75, 3.05) is 13.3 Å². The summed E-state index contributed by atoms with van der Waals surface area (Å²) in [5.74, 6) is 1.58. The van der Waals surface area contributed by atoms with E-state index in [-0.39, 0.29) is 6.29 Å². The lowest BCUT2D eigenvalue weighted by atomic mass is 9.96. The first-order valence-corrected chi connectivity index (χ1v) is 10.1. The summed E-state index contributed by atoms with van der Waals surface area (Å²) >= 11 is 0. The van der Waals surface area contributed by atoms with Crippen LogP contribution in [0.25, 0.3) is 0 Å². The third-order valence-electron chi connectivity index (χ3n) is 3.81. The molecule has 0 saturated heterocycles. The Bertz CT molecular complexity index is 402. The molecule has 0 N–H and O–H groups in total. The Kier molecular flexibility index (Phi) is 10.2. The molecule has 124 valence electrons. The van der Waals surface area contributed by atoms with Crippen LogP contribution >= 0.6 is 8.58 Å². The number of benzene rings is 1. The van der Waals surface area contributed by atoms with Crippen LogP contribution in [0.4, 0.5) is 0 Å². The van der Waals surface area contributed by atoms with E-state index in [0.29, 0.717) is 12.5 Å². The maximum atomic E-state index is 6.02. The van der Waals surface area contributed by atoms with Gasteiger partial charge in [0.15, 0.2) is 6.29 Å². The van der Waals surface area contributed by atoms with Crippen molar-refractivity contribution in [2.24, 2.45) is 5.92 Å². The summed E-state index contributed by atoms with van der Waals surface area (Å²) in [5.41, 5.74) is 1.37. The summed E-state index contributed by atoms with van der Waals surface area (Å²) in [4.78, 5) is 0. The largest absolute Gasteiger partial charge is 0.465 e. The van der Waals surface area contributed by atoms with Gasteiger partial charge in [-0.25, -0.2) is 0 Å². The number of ether oxygens (including phenoxy) is 2. The fourth-order valence-electron chi connectivity index (χ4n) is 2.50. The summed E-state index contributed by atoms with van der Waals surface area (Å²) in [5, 5.41) is 0. The second kappa shape index (κ2) is 11.7. The van der Waals surface area contributed by atoms with E-state index in [2.05, 4.69) is 44.4 Å². The highest BCUT2D eigenvalue weighted by atomic mass is 31.1. The minimum atomic E-state index is -0.150. The Morgan fingerprint density at radius 2 is 1.91 bits per heavy atom. The third kappa shape index (κ3) is 7.42. The fourth-order valence-corrected chi connectivity index (χ4v) is 3.14. The van der Waals surface area contributed by atoms with E-state index in [0.717, 1.165) is 39.8 Å². The molecule has 0 aliphatic carbocycles. The Balaban J connectivity index is 2.53. The highest BCUT2D eigenvalue weighted by Crippen LogP contribution is 2.22. The first-order chi connectivity index (χ1) is 10.7. The molecule has 0 aliphatic rings. The van der Waals surface area contributed by atoms with Crippen LogP contribution in [0, 0.1) is 5.92 Å². The van der Waals surface area contributed by atoms with Gasteiger partial charge in [-0.3, -0.25) is 0 Å². The molecular formula is C19H31O2P. The number of rotatable bonds is 12. The van der Waals surface area contributed by atoms with Gasteiger partial charge >= 0.3 is 0 Å². The molecule has 0 fully saturated rings. The zero-order chi connectivity index (χ0) is 16.2. The summed E-state index contributed by atoms with van der Waals surface area (Å²) in [6.07, 6.45) is 7.30. The number of hydrogen-bond donors (Lipinski definition) is 0. The Hall–Kier alpha value is -0.850. The van der Waals surface area contributed by atoms with Crippen LogP contribution in [0.2, 0.25) is 0 Å². The van der Waals surface area contributed by atoms with E-state index in [1.54, 1.807) is 0 Å². The van der Waals surface area contributed by atoms with Crippen molar-refractivity contribution in [3.63, 3.8) is 0 Å². The minimum absolute atomic E-state index is 0.150.